The zero-order valence-corrected chi connectivity index (χ0v) is 30.8. The van der Waals surface area contributed by atoms with E-state index in [1.54, 1.807) is 46.3 Å². The van der Waals surface area contributed by atoms with Crippen LogP contribution < -0.4 is 14.2 Å². The second-order valence-corrected chi connectivity index (χ2v) is 19.0. The Morgan fingerprint density at radius 1 is 1.04 bits per heavy atom. The first-order chi connectivity index (χ1) is 22.7. The van der Waals surface area contributed by atoms with Crippen LogP contribution in [0, 0.1) is 17.8 Å². The van der Waals surface area contributed by atoms with Crippen LogP contribution in [0.25, 0.3) is 6.08 Å². The highest BCUT2D eigenvalue weighted by Gasteiger charge is 2.43. The second kappa shape index (κ2) is 18.4. The molecule has 2 aromatic rings. The zero-order valence-electron chi connectivity index (χ0n) is 29.8. The largest absolute Gasteiger partial charge is 0.497 e. The molecule has 1 N–H and O–H groups in total. The van der Waals surface area contributed by atoms with E-state index < -0.39 is 38.1 Å². The Bertz CT molecular complexity index is 1400. The van der Waals surface area contributed by atoms with Crippen molar-refractivity contribution in [3.05, 3.63) is 59.2 Å². The Labute approximate surface area is 286 Å². The normalized spacial score (nSPS) is 18.5. The number of hydrogen-bond donors (Lipinski definition) is 1. The smallest absolute Gasteiger partial charge is 0.342 e. The number of ether oxygens (including phenoxy) is 8. The quantitative estimate of drug-likeness (QED) is 0.0880. The third-order valence-electron chi connectivity index (χ3n) is 7.44. The molecule has 1 fully saturated rings. The average molecular weight is 685 g/mol. The maximum atomic E-state index is 13.4. The van der Waals surface area contributed by atoms with E-state index in [9.17, 15) is 9.90 Å². The summed E-state index contributed by atoms with van der Waals surface area (Å²) in [5.41, 5.74) is 1.86. The summed E-state index contributed by atoms with van der Waals surface area (Å²) in [6.45, 7) is 13.3. The minimum atomic E-state index is -1.41. The highest BCUT2D eigenvalue weighted by Crippen LogP contribution is 2.34. The van der Waals surface area contributed by atoms with Gasteiger partial charge in [0.1, 0.15) is 35.0 Å². The summed E-state index contributed by atoms with van der Waals surface area (Å²) < 4.78 is 45.3. The number of hydrogen-bond acceptors (Lipinski definition) is 10. The van der Waals surface area contributed by atoms with E-state index in [0.29, 0.717) is 43.3 Å². The lowest BCUT2D eigenvalue weighted by Crippen LogP contribution is -2.34. The molecule has 1 unspecified atom stereocenters. The molecule has 1 saturated heterocycles. The van der Waals surface area contributed by atoms with Gasteiger partial charge >= 0.3 is 5.97 Å². The fourth-order valence-corrected chi connectivity index (χ4v) is 5.62. The molecule has 1 aliphatic rings. The molecule has 1 heterocycles. The van der Waals surface area contributed by atoms with Gasteiger partial charge in [0.2, 0.25) is 0 Å². The number of carbonyl (C=O) groups is 1. The maximum Gasteiger partial charge on any atom is 0.342 e. The van der Waals surface area contributed by atoms with Crippen molar-refractivity contribution < 1.29 is 47.8 Å². The topological polar surface area (TPSA) is 111 Å². The SMILES string of the molecule is COCOc1cc(OC)cc(C=CC[C@@H]2OC(C)(C)O[C@@H]2C(O)C#C[C@H](C)COCc2ccc(OC)cc2)c1C(=O)OCC[Si](C)(C)C. The van der Waals surface area contributed by atoms with Crippen LogP contribution in [0.1, 0.15) is 48.7 Å². The summed E-state index contributed by atoms with van der Waals surface area (Å²) in [5, 5.41) is 11.1. The van der Waals surface area contributed by atoms with Gasteiger partial charge in [-0.1, -0.05) is 55.8 Å². The number of benzene rings is 2. The van der Waals surface area contributed by atoms with Gasteiger partial charge in [0.25, 0.3) is 0 Å². The van der Waals surface area contributed by atoms with Crippen LogP contribution in [-0.2, 0) is 30.3 Å². The number of rotatable bonds is 17. The lowest BCUT2D eigenvalue weighted by molar-refractivity contribution is -0.151. The van der Waals surface area contributed by atoms with Gasteiger partial charge in [-0.2, -0.15) is 0 Å². The van der Waals surface area contributed by atoms with Gasteiger partial charge in [0.15, 0.2) is 12.6 Å². The van der Waals surface area contributed by atoms with E-state index in [4.69, 9.17) is 37.9 Å². The van der Waals surface area contributed by atoms with Crippen LogP contribution >= 0.6 is 0 Å². The van der Waals surface area contributed by atoms with Crippen molar-refractivity contribution >= 4 is 20.1 Å². The third-order valence-corrected chi connectivity index (χ3v) is 9.14. The Morgan fingerprint density at radius 2 is 1.75 bits per heavy atom. The van der Waals surface area contributed by atoms with Gasteiger partial charge in [-0.25, -0.2) is 4.79 Å². The molecule has 0 bridgehead atoms. The maximum absolute atomic E-state index is 13.4. The molecule has 0 amide bonds. The van der Waals surface area contributed by atoms with Crippen molar-refractivity contribution in [1.82, 2.24) is 0 Å². The molecule has 11 heteroatoms. The molecule has 2 aromatic carbocycles. The van der Waals surface area contributed by atoms with E-state index in [-0.39, 0.29) is 18.3 Å². The number of aliphatic hydroxyl groups excluding tert-OH is 1. The zero-order chi connectivity index (χ0) is 35.3. The summed E-state index contributed by atoms with van der Waals surface area (Å²) in [4.78, 5) is 13.4. The van der Waals surface area contributed by atoms with Crippen LogP contribution in [-0.4, -0.2) is 84.6 Å². The Balaban J connectivity index is 1.71. The molecule has 0 spiro atoms. The van der Waals surface area contributed by atoms with Gasteiger partial charge in [-0.15, -0.1) is 0 Å². The van der Waals surface area contributed by atoms with Gasteiger partial charge in [-0.3, -0.25) is 0 Å². The highest BCUT2D eigenvalue weighted by atomic mass is 28.3. The molecular formula is C37H52O10Si. The first-order valence-corrected chi connectivity index (χ1v) is 19.9. The minimum Gasteiger partial charge on any atom is -0.497 e. The van der Waals surface area contributed by atoms with Crippen LogP contribution in [0.4, 0.5) is 0 Å². The molecule has 0 radical (unpaired) electrons. The second-order valence-electron chi connectivity index (χ2n) is 13.4. The molecule has 0 aliphatic carbocycles. The average Bonchev–Trinajstić information content (AvgIpc) is 3.35. The van der Waals surface area contributed by atoms with Crippen molar-refractivity contribution in [2.24, 2.45) is 5.92 Å². The van der Waals surface area contributed by atoms with Crippen molar-refractivity contribution in [2.75, 3.05) is 41.3 Å². The van der Waals surface area contributed by atoms with E-state index in [0.717, 1.165) is 17.4 Å². The molecule has 4 atom stereocenters. The van der Waals surface area contributed by atoms with Crippen LogP contribution in [0.2, 0.25) is 25.7 Å². The lowest BCUT2D eigenvalue weighted by Gasteiger charge is -2.18. The Hall–Kier alpha value is -3.37. The number of esters is 1. The standard InChI is InChI=1S/C37H52O10Si/c1-26(23-43-24-27-14-16-29(41-5)17-15-27)13-18-31(38)35-32(46-37(2,3)47-35)12-10-11-28-21-30(42-6)22-33(45-25-40-4)34(28)36(39)44-19-20-48(7,8)9/h10-11,14-17,21-22,26,31-32,35,38H,12,19-20,23-25H2,1-9H3/t26-,31?,32-,35+/m0/s1. The fraction of sp³-hybridized carbons (Fsp3) is 0.541. The van der Waals surface area contributed by atoms with Crippen LogP contribution in [0.5, 0.6) is 17.2 Å². The third kappa shape index (κ3) is 12.6. The van der Waals surface area contributed by atoms with Gasteiger partial charge < -0.3 is 43.0 Å². The molecule has 0 aromatic heterocycles. The van der Waals surface area contributed by atoms with Crippen molar-refractivity contribution in [1.29, 1.82) is 0 Å². The molecule has 10 nitrogen and oxygen atoms in total. The molecule has 264 valence electrons. The van der Waals surface area contributed by atoms with E-state index in [2.05, 4.69) is 31.5 Å². The summed E-state index contributed by atoms with van der Waals surface area (Å²) in [6, 6.07) is 11.9. The lowest BCUT2D eigenvalue weighted by atomic mass is 10.0. The van der Waals surface area contributed by atoms with Crippen molar-refractivity contribution in [3.63, 3.8) is 0 Å². The van der Waals surface area contributed by atoms with Crippen LogP contribution in [0.15, 0.2) is 42.5 Å². The molecule has 1 aliphatic heterocycles. The van der Waals surface area contributed by atoms with Gasteiger partial charge in [-0.05, 0) is 62.6 Å². The predicted molar refractivity (Wildman–Crippen MR) is 187 cm³/mol. The summed E-state index contributed by atoms with van der Waals surface area (Å²) >= 11 is 0. The molecule has 3 rings (SSSR count). The first-order valence-electron chi connectivity index (χ1n) is 16.2. The predicted octanol–water partition coefficient (Wildman–Crippen LogP) is 6.32. The van der Waals surface area contributed by atoms with Crippen LogP contribution in [0.3, 0.4) is 0 Å². The number of carbonyl (C=O) groups excluding carboxylic acids is 1. The fourth-order valence-electron chi connectivity index (χ4n) is 4.91. The highest BCUT2D eigenvalue weighted by molar-refractivity contribution is 6.76. The monoisotopic (exact) mass is 684 g/mol. The number of methoxy groups -OCH3 is 3. The minimum absolute atomic E-state index is 0.0537. The Kier molecular flexibility index (Phi) is 15.0. The molecule has 0 saturated carbocycles. The molecular weight excluding hydrogens is 632 g/mol. The van der Waals surface area contributed by atoms with Crippen molar-refractivity contribution in [2.45, 2.75) is 83.6 Å². The summed E-state index contributed by atoms with van der Waals surface area (Å²) in [6.07, 6.45) is 1.76. The Morgan fingerprint density at radius 3 is 2.40 bits per heavy atom. The first kappa shape index (κ1) is 39.1. The van der Waals surface area contributed by atoms with Crippen molar-refractivity contribution in [3.8, 4) is 29.1 Å². The summed E-state index contributed by atoms with van der Waals surface area (Å²) in [5.74, 6) is 6.10. The van der Waals surface area contributed by atoms with Gasteiger partial charge in [0.05, 0.1) is 40.1 Å². The summed E-state index contributed by atoms with van der Waals surface area (Å²) in [7, 11) is 3.27. The number of aliphatic hydroxyl groups is 1. The van der Waals surface area contributed by atoms with Gasteiger partial charge in [0, 0.05) is 27.2 Å². The van der Waals surface area contributed by atoms with E-state index in [1.807, 2.05) is 37.3 Å². The van der Waals surface area contributed by atoms with E-state index >= 15 is 0 Å². The molecule has 48 heavy (non-hydrogen) atoms. The van der Waals surface area contributed by atoms with E-state index in [1.165, 1.54) is 7.11 Å².